The Hall–Kier alpha value is -2.79. The molecule has 28 heavy (non-hydrogen) atoms. The summed E-state index contributed by atoms with van der Waals surface area (Å²) < 4.78 is 22.0. The van der Waals surface area contributed by atoms with Crippen molar-refractivity contribution in [3.63, 3.8) is 0 Å². The van der Waals surface area contributed by atoms with Gasteiger partial charge >= 0.3 is 0 Å². The standard InChI is InChI=1S/C23H28O5/c1-4-8-19(13-18-9-6-5-7-10-18)17-27-11-12-28-20-14-22(25-2)21(16-24)23(15-20)26-3/h5-7,9-10,13-16H,4,8,11-12,17H2,1-3H3. The number of hydrogen-bond donors (Lipinski definition) is 0. The highest BCUT2D eigenvalue weighted by atomic mass is 16.5. The topological polar surface area (TPSA) is 54.0 Å². The molecule has 0 unspecified atom stereocenters. The Morgan fingerprint density at radius 2 is 1.68 bits per heavy atom. The Kier molecular flexibility index (Phi) is 9.08. The molecule has 0 spiro atoms. The Morgan fingerprint density at radius 3 is 2.25 bits per heavy atom. The van der Waals surface area contributed by atoms with Gasteiger partial charge in [0.1, 0.15) is 23.9 Å². The first-order valence-electron chi connectivity index (χ1n) is 9.38. The molecule has 0 heterocycles. The van der Waals surface area contributed by atoms with Crippen molar-refractivity contribution in [3.8, 4) is 17.2 Å². The minimum absolute atomic E-state index is 0.365. The molecule has 0 aliphatic rings. The average Bonchev–Trinajstić information content (AvgIpc) is 2.73. The maximum Gasteiger partial charge on any atom is 0.157 e. The van der Waals surface area contributed by atoms with Crippen LogP contribution in [0.4, 0.5) is 0 Å². The predicted molar refractivity (Wildman–Crippen MR) is 111 cm³/mol. The Bertz CT molecular complexity index is 743. The molecule has 0 bridgehead atoms. The fourth-order valence-electron chi connectivity index (χ4n) is 2.83. The maximum absolute atomic E-state index is 11.2. The number of hydrogen-bond acceptors (Lipinski definition) is 5. The van der Waals surface area contributed by atoms with Crippen LogP contribution in [0.1, 0.15) is 35.7 Å². The minimum atomic E-state index is 0.365. The minimum Gasteiger partial charge on any atom is -0.496 e. The van der Waals surface area contributed by atoms with Crippen LogP contribution in [-0.2, 0) is 4.74 Å². The SMILES string of the molecule is CCCC(=Cc1ccccc1)COCCOc1cc(OC)c(C=O)c(OC)c1. The van der Waals surface area contributed by atoms with Gasteiger partial charge in [-0.05, 0) is 17.6 Å². The van der Waals surface area contributed by atoms with Gasteiger partial charge in [0.05, 0.1) is 33.0 Å². The number of ether oxygens (including phenoxy) is 4. The van der Waals surface area contributed by atoms with E-state index in [1.54, 1.807) is 12.1 Å². The van der Waals surface area contributed by atoms with Gasteiger partial charge in [-0.3, -0.25) is 4.79 Å². The number of aldehydes is 1. The largest absolute Gasteiger partial charge is 0.496 e. The highest BCUT2D eigenvalue weighted by Crippen LogP contribution is 2.32. The van der Waals surface area contributed by atoms with E-state index in [0.29, 0.717) is 48.9 Å². The van der Waals surface area contributed by atoms with Crippen LogP contribution in [0, 0.1) is 0 Å². The molecule has 0 atom stereocenters. The summed E-state index contributed by atoms with van der Waals surface area (Å²) in [6.07, 6.45) is 4.95. The Morgan fingerprint density at radius 1 is 1.00 bits per heavy atom. The number of benzene rings is 2. The van der Waals surface area contributed by atoms with Gasteiger partial charge in [0.2, 0.25) is 0 Å². The third kappa shape index (κ3) is 6.43. The zero-order chi connectivity index (χ0) is 20.2. The van der Waals surface area contributed by atoms with Gasteiger partial charge in [0.25, 0.3) is 0 Å². The fourth-order valence-corrected chi connectivity index (χ4v) is 2.83. The zero-order valence-corrected chi connectivity index (χ0v) is 16.8. The van der Waals surface area contributed by atoms with Crippen molar-refractivity contribution in [3.05, 3.63) is 59.2 Å². The number of carbonyl (C=O) groups excluding carboxylic acids is 1. The molecule has 0 N–H and O–H groups in total. The molecule has 0 saturated carbocycles. The lowest BCUT2D eigenvalue weighted by atomic mass is 10.1. The Labute approximate surface area is 166 Å². The summed E-state index contributed by atoms with van der Waals surface area (Å²) >= 11 is 0. The molecular weight excluding hydrogens is 356 g/mol. The molecule has 5 nitrogen and oxygen atoms in total. The van der Waals surface area contributed by atoms with Crippen LogP contribution in [0.5, 0.6) is 17.2 Å². The van der Waals surface area contributed by atoms with E-state index in [2.05, 4.69) is 25.1 Å². The third-order valence-electron chi connectivity index (χ3n) is 4.16. The van der Waals surface area contributed by atoms with Crippen molar-refractivity contribution < 1.29 is 23.7 Å². The lowest BCUT2D eigenvalue weighted by molar-refractivity contribution is 0.111. The van der Waals surface area contributed by atoms with Crippen molar-refractivity contribution in [1.82, 2.24) is 0 Å². The molecule has 5 heteroatoms. The van der Waals surface area contributed by atoms with Gasteiger partial charge in [0, 0.05) is 12.1 Å². The number of rotatable bonds is 12. The van der Waals surface area contributed by atoms with Gasteiger partial charge in [-0.1, -0.05) is 49.8 Å². The van der Waals surface area contributed by atoms with Gasteiger partial charge in [-0.15, -0.1) is 0 Å². The van der Waals surface area contributed by atoms with E-state index in [1.807, 2.05) is 18.2 Å². The van der Waals surface area contributed by atoms with Crippen molar-refractivity contribution in [2.75, 3.05) is 34.0 Å². The molecule has 2 rings (SSSR count). The molecule has 0 radical (unpaired) electrons. The van der Waals surface area contributed by atoms with Crippen molar-refractivity contribution in [2.45, 2.75) is 19.8 Å². The average molecular weight is 384 g/mol. The van der Waals surface area contributed by atoms with Gasteiger partial charge in [-0.25, -0.2) is 0 Å². The molecule has 150 valence electrons. The second-order valence-corrected chi connectivity index (χ2v) is 6.22. The molecule has 0 saturated heterocycles. The summed E-state index contributed by atoms with van der Waals surface area (Å²) in [6, 6.07) is 13.6. The van der Waals surface area contributed by atoms with Gasteiger partial charge < -0.3 is 18.9 Å². The first kappa shape index (κ1) is 21.5. The van der Waals surface area contributed by atoms with E-state index in [-0.39, 0.29) is 0 Å². The predicted octanol–water partition coefficient (Wildman–Crippen LogP) is 4.80. The summed E-state index contributed by atoms with van der Waals surface area (Å²) in [5, 5.41) is 0. The smallest absolute Gasteiger partial charge is 0.157 e. The van der Waals surface area contributed by atoms with Crippen LogP contribution >= 0.6 is 0 Å². The fraction of sp³-hybridized carbons (Fsp3) is 0.348. The highest BCUT2D eigenvalue weighted by molar-refractivity contribution is 5.84. The quantitative estimate of drug-likeness (QED) is 0.389. The third-order valence-corrected chi connectivity index (χ3v) is 4.16. The lowest BCUT2D eigenvalue weighted by Gasteiger charge is -2.13. The summed E-state index contributed by atoms with van der Waals surface area (Å²) in [7, 11) is 3.01. The van der Waals surface area contributed by atoms with E-state index in [9.17, 15) is 4.79 Å². The molecule has 2 aromatic carbocycles. The van der Waals surface area contributed by atoms with E-state index in [1.165, 1.54) is 25.4 Å². The molecular formula is C23H28O5. The normalized spacial score (nSPS) is 11.2. The summed E-state index contributed by atoms with van der Waals surface area (Å²) in [6.45, 7) is 3.57. The molecule has 0 aromatic heterocycles. The maximum atomic E-state index is 11.2. The number of carbonyl (C=O) groups is 1. The van der Waals surface area contributed by atoms with Crippen LogP contribution in [0.15, 0.2) is 48.0 Å². The van der Waals surface area contributed by atoms with Crippen LogP contribution in [-0.4, -0.2) is 40.3 Å². The summed E-state index contributed by atoms with van der Waals surface area (Å²) in [5.41, 5.74) is 2.80. The van der Waals surface area contributed by atoms with Crippen LogP contribution in [0.25, 0.3) is 6.08 Å². The zero-order valence-electron chi connectivity index (χ0n) is 16.8. The monoisotopic (exact) mass is 384 g/mol. The molecule has 0 fully saturated rings. The van der Waals surface area contributed by atoms with E-state index >= 15 is 0 Å². The van der Waals surface area contributed by atoms with Crippen molar-refractivity contribution in [1.29, 1.82) is 0 Å². The van der Waals surface area contributed by atoms with E-state index < -0.39 is 0 Å². The van der Waals surface area contributed by atoms with Gasteiger partial charge in [-0.2, -0.15) is 0 Å². The lowest BCUT2D eigenvalue weighted by Crippen LogP contribution is -2.09. The number of methoxy groups -OCH3 is 2. The van der Waals surface area contributed by atoms with Crippen molar-refractivity contribution >= 4 is 12.4 Å². The summed E-state index contributed by atoms with van der Waals surface area (Å²) in [5.74, 6) is 1.40. The first-order chi connectivity index (χ1) is 13.7. The molecule has 0 amide bonds. The second kappa shape index (κ2) is 11.8. The van der Waals surface area contributed by atoms with Crippen molar-refractivity contribution in [2.24, 2.45) is 0 Å². The van der Waals surface area contributed by atoms with Gasteiger partial charge in [0.15, 0.2) is 6.29 Å². The summed E-state index contributed by atoms with van der Waals surface area (Å²) in [4.78, 5) is 11.2. The van der Waals surface area contributed by atoms with Crippen LogP contribution in [0.2, 0.25) is 0 Å². The highest BCUT2D eigenvalue weighted by Gasteiger charge is 2.12. The first-order valence-corrected chi connectivity index (χ1v) is 9.38. The molecule has 0 aliphatic carbocycles. The van der Waals surface area contributed by atoms with Crippen LogP contribution < -0.4 is 14.2 Å². The second-order valence-electron chi connectivity index (χ2n) is 6.22. The molecule has 0 aliphatic heterocycles. The van der Waals surface area contributed by atoms with E-state index in [4.69, 9.17) is 18.9 Å². The van der Waals surface area contributed by atoms with E-state index in [0.717, 1.165) is 12.8 Å². The Balaban J connectivity index is 1.88. The molecule has 2 aromatic rings. The van der Waals surface area contributed by atoms with Crippen LogP contribution in [0.3, 0.4) is 0 Å².